The zero-order valence-corrected chi connectivity index (χ0v) is 23.9. The van der Waals surface area contributed by atoms with Crippen molar-refractivity contribution in [3.05, 3.63) is 71.0 Å². The molecule has 13 nitrogen and oxygen atoms in total. The molecule has 4 aromatic rings. The standard InChI is InChI=1S/C29H35N7O6/c1-4-36-23(15-19(2)34-36)27(38)33-28-32-22-16-21(26(30)37)17-24(40-3)25(22)35(28)12-8-11-31-29(39)42-14-13-41-18-20-9-6-5-7-10-20/h5-7,9-10,15-17H,4,8,11-14,18H2,1-3H3,(H2,30,37)(H,31,39)(H,32,33,38). The number of hydrogen-bond acceptors (Lipinski definition) is 8. The van der Waals surface area contributed by atoms with Crippen LogP contribution in [0.5, 0.6) is 5.75 Å². The van der Waals surface area contributed by atoms with Gasteiger partial charge >= 0.3 is 6.09 Å². The summed E-state index contributed by atoms with van der Waals surface area (Å²) in [4.78, 5) is 41.8. The number of aromatic nitrogens is 4. The minimum absolute atomic E-state index is 0.119. The van der Waals surface area contributed by atoms with Gasteiger partial charge in [-0.15, -0.1) is 0 Å². The fraction of sp³-hybridized carbons (Fsp3) is 0.345. The third-order valence-corrected chi connectivity index (χ3v) is 6.37. The quantitative estimate of drug-likeness (QED) is 0.192. The molecule has 2 aromatic heterocycles. The van der Waals surface area contributed by atoms with Gasteiger partial charge in [0.05, 0.1) is 31.5 Å². The van der Waals surface area contributed by atoms with Gasteiger partial charge in [0.15, 0.2) is 0 Å². The average Bonchev–Trinajstić information content (AvgIpc) is 3.54. The van der Waals surface area contributed by atoms with E-state index < -0.39 is 12.0 Å². The third kappa shape index (κ3) is 7.43. The van der Waals surface area contributed by atoms with Crippen LogP contribution in [-0.4, -0.2) is 64.1 Å². The Morgan fingerprint density at radius 2 is 1.86 bits per heavy atom. The number of rotatable bonds is 14. The number of nitrogens with one attached hydrogen (secondary N) is 2. The summed E-state index contributed by atoms with van der Waals surface area (Å²) >= 11 is 0. The number of fused-ring (bicyclic) bond motifs is 1. The fourth-order valence-electron chi connectivity index (χ4n) is 4.41. The maximum absolute atomic E-state index is 13.2. The van der Waals surface area contributed by atoms with Gasteiger partial charge in [0.1, 0.15) is 23.6 Å². The number of nitrogens with zero attached hydrogens (tertiary/aromatic N) is 4. The number of aryl methyl sites for hydroxylation is 3. The van der Waals surface area contributed by atoms with Crippen molar-refractivity contribution < 1.29 is 28.6 Å². The lowest BCUT2D eigenvalue weighted by molar-refractivity contribution is 0.0648. The predicted molar refractivity (Wildman–Crippen MR) is 155 cm³/mol. The molecule has 0 saturated heterocycles. The molecule has 0 atom stereocenters. The molecule has 0 aliphatic rings. The van der Waals surface area contributed by atoms with E-state index in [1.807, 2.05) is 44.2 Å². The summed E-state index contributed by atoms with van der Waals surface area (Å²) in [6.45, 7) is 5.70. The first-order chi connectivity index (χ1) is 20.3. The second-order valence-electron chi connectivity index (χ2n) is 9.39. The van der Waals surface area contributed by atoms with Crippen LogP contribution in [0.2, 0.25) is 0 Å². The first-order valence-electron chi connectivity index (χ1n) is 13.6. The van der Waals surface area contributed by atoms with Crippen molar-refractivity contribution in [2.75, 3.05) is 32.2 Å². The van der Waals surface area contributed by atoms with Crippen LogP contribution in [0.25, 0.3) is 11.0 Å². The number of hydrogen-bond donors (Lipinski definition) is 3. The molecule has 0 bridgehead atoms. The van der Waals surface area contributed by atoms with Crippen LogP contribution < -0.4 is 21.1 Å². The molecule has 4 rings (SSSR count). The molecule has 2 heterocycles. The number of ether oxygens (including phenoxy) is 3. The number of methoxy groups -OCH3 is 1. The van der Waals surface area contributed by atoms with Crippen molar-refractivity contribution in [3.63, 3.8) is 0 Å². The molecule has 3 amide bonds. The number of carbonyl (C=O) groups is 3. The summed E-state index contributed by atoms with van der Waals surface area (Å²) in [7, 11) is 1.47. The molecule has 0 unspecified atom stereocenters. The van der Waals surface area contributed by atoms with E-state index in [0.717, 1.165) is 5.56 Å². The number of benzene rings is 2. The Morgan fingerprint density at radius 1 is 1.07 bits per heavy atom. The zero-order chi connectivity index (χ0) is 30.1. The molecule has 0 fully saturated rings. The first-order valence-corrected chi connectivity index (χ1v) is 13.6. The maximum atomic E-state index is 13.2. The van der Waals surface area contributed by atoms with Gasteiger partial charge in [0.2, 0.25) is 11.9 Å². The lowest BCUT2D eigenvalue weighted by Crippen LogP contribution is -2.27. The van der Waals surface area contributed by atoms with E-state index in [1.165, 1.54) is 13.2 Å². The van der Waals surface area contributed by atoms with E-state index in [9.17, 15) is 14.4 Å². The summed E-state index contributed by atoms with van der Waals surface area (Å²) in [6, 6.07) is 14.5. The Hall–Kier alpha value is -4.91. The van der Waals surface area contributed by atoms with E-state index in [4.69, 9.17) is 19.9 Å². The molecule has 0 spiro atoms. The minimum Gasteiger partial charge on any atom is -0.494 e. The van der Waals surface area contributed by atoms with Gasteiger partial charge in [-0.25, -0.2) is 9.78 Å². The lowest BCUT2D eigenvalue weighted by Gasteiger charge is -2.13. The summed E-state index contributed by atoms with van der Waals surface area (Å²) in [5.41, 5.74) is 8.84. The second-order valence-corrected chi connectivity index (χ2v) is 9.39. The average molecular weight is 578 g/mol. The molecule has 0 saturated carbocycles. The van der Waals surface area contributed by atoms with E-state index >= 15 is 0 Å². The largest absolute Gasteiger partial charge is 0.494 e. The Morgan fingerprint density at radius 3 is 2.57 bits per heavy atom. The van der Waals surface area contributed by atoms with Gasteiger partial charge in [-0.3, -0.25) is 19.6 Å². The van der Waals surface area contributed by atoms with Crippen molar-refractivity contribution in [2.24, 2.45) is 5.73 Å². The highest BCUT2D eigenvalue weighted by Crippen LogP contribution is 2.31. The number of anilines is 1. The molecular formula is C29H35N7O6. The highest BCUT2D eigenvalue weighted by atomic mass is 16.6. The van der Waals surface area contributed by atoms with Crippen LogP contribution in [-0.2, 0) is 29.2 Å². The van der Waals surface area contributed by atoms with Crippen LogP contribution in [0.1, 0.15) is 45.4 Å². The molecular weight excluding hydrogens is 542 g/mol. The normalized spacial score (nSPS) is 10.9. The Kier molecular flexibility index (Phi) is 10.1. The van der Waals surface area contributed by atoms with Crippen LogP contribution >= 0.6 is 0 Å². The van der Waals surface area contributed by atoms with Gasteiger partial charge in [0, 0.05) is 25.2 Å². The third-order valence-electron chi connectivity index (χ3n) is 6.37. The van der Waals surface area contributed by atoms with Crippen LogP contribution in [0.15, 0.2) is 48.5 Å². The van der Waals surface area contributed by atoms with E-state index in [1.54, 1.807) is 21.4 Å². The number of primary amides is 1. The monoisotopic (exact) mass is 577 g/mol. The topological polar surface area (TPSA) is 165 Å². The number of imidazole rings is 1. The summed E-state index contributed by atoms with van der Waals surface area (Å²) < 4.78 is 19.6. The van der Waals surface area contributed by atoms with Crippen molar-refractivity contribution in [3.8, 4) is 5.75 Å². The zero-order valence-electron chi connectivity index (χ0n) is 23.9. The van der Waals surface area contributed by atoms with Crippen LogP contribution in [0.4, 0.5) is 10.7 Å². The Balaban J connectivity index is 1.40. The van der Waals surface area contributed by atoms with Crippen LogP contribution in [0.3, 0.4) is 0 Å². The van der Waals surface area contributed by atoms with Crippen molar-refractivity contribution >= 4 is 34.9 Å². The minimum atomic E-state index is -0.633. The summed E-state index contributed by atoms with van der Waals surface area (Å²) in [5.74, 6) is -0.411. The van der Waals surface area contributed by atoms with Gasteiger partial charge in [0.25, 0.3) is 5.91 Å². The molecule has 0 radical (unpaired) electrons. The molecule has 2 aromatic carbocycles. The van der Waals surface area contributed by atoms with Gasteiger partial charge in [-0.1, -0.05) is 30.3 Å². The molecule has 0 aliphatic carbocycles. The number of alkyl carbamates (subject to hydrolysis) is 1. The second kappa shape index (κ2) is 14.1. The predicted octanol–water partition coefficient (Wildman–Crippen LogP) is 3.25. The molecule has 13 heteroatoms. The van der Waals surface area contributed by atoms with E-state index in [-0.39, 0.29) is 30.6 Å². The smallest absolute Gasteiger partial charge is 0.407 e. The maximum Gasteiger partial charge on any atom is 0.407 e. The van der Waals surface area contributed by atoms with Crippen molar-refractivity contribution in [1.82, 2.24) is 24.6 Å². The SMILES string of the molecule is CCn1nc(C)cc1C(=O)Nc1nc2cc(C(N)=O)cc(OC)c2n1CCCNC(=O)OCCOCc1ccccc1. The molecule has 42 heavy (non-hydrogen) atoms. The van der Waals surface area contributed by atoms with Gasteiger partial charge in [-0.05, 0) is 44.0 Å². The Bertz CT molecular complexity index is 1550. The van der Waals surface area contributed by atoms with E-state index in [2.05, 4.69) is 20.7 Å². The van der Waals surface area contributed by atoms with Crippen molar-refractivity contribution in [1.29, 1.82) is 0 Å². The molecule has 0 aliphatic heterocycles. The molecule has 4 N–H and O–H groups in total. The lowest BCUT2D eigenvalue weighted by atomic mass is 10.1. The fourth-order valence-corrected chi connectivity index (χ4v) is 4.41. The highest BCUT2D eigenvalue weighted by molar-refractivity contribution is 6.04. The first kappa shape index (κ1) is 30.1. The van der Waals surface area contributed by atoms with Crippen molar-refractivity contribution in [2.45, 2.75) is 40.0 Å². The molecule has 222 valence electrons. The summed E-state index contributed by atoms with van der Waals surface area (Å²) in [6.07, 6.45) is -0.0880. The number of amides is 3. The number of nitrogens with two attached hydrogens (primary N) is 1. The van der Waals surface area contributed by atoms with Crippen LogP contribution in [0, 0.1) is 6.92 Å². The summed E-state index contributed by atoms with van der Waals surface area (Å²) in [5, 5.41) is 9.91. The number of carbonyl (C=O) groups excluding carboxylic acids is 3. The van der Waals surface area contributed by atoms with Gasteiger partial charge in [-0.2, -0.15) is 5.10 Å². The highest BCUT2D eigenvalue weighted by Gasteiger charge is 2.21. The van der Waals surface area contributed by atoms with E-state index in [0.29, 0.717) is 60.8 Å². The van der Waals surface area contributed by atoms with Gasteiger partial charge < -0.3 is 29.8 Å². The Labute approximate surface area is 242 Å².